The number of amidine groups is 2. The van der Waals surface area contributed by atoms with Gasteiger partial charge < -0.3 is 46.9 Å². The summed E-state index contributed by atoms with van der Waals surface area (Å²) < 4.78 is 0. The number of nitrogens with zero attached hydrogens (tertiary/aromatic N) is 4. The van der Waals surface area contributed by atoms with Crippen LogP contribution in [0, 0.1) is 35.5 Å². The van der Waals surface area contributed by atoms with Crippen molar-refractivity contribution in [3.05, 3.63) is 71.8 Å². The van der Waals surface area contributed by atoms with E-state index in [1.54, 1.807) is 0 Å². The van der Waals surface area contributed by atoms with Crippen molar-refractivity contribution in [2.75, 3.05) is 0 Å². The number of nitrogens with two attached hydrogens (primary N) is 2. The minimum atomic E-state index is -0.666. The van der Waals surface area contributed by atoms with Crippen LogP contribution in [-0.4, -0.2) is 43.2 Å². The molecule has 2 aromatic rings. The zero-order valence-electron chi connectivity index (χ0n) is 29.3. The molecule has 6 aliphatic rings. The maximum absolute atomic E-state index is 11.8. The number of hydrogen-bond acceptors (Lipinski definition) is 8. The molecule has 1 radical (unpaired) electrons. The molecule has 6 aliphatic carbocycles. The van der Waals surface area contributed by atoms with Crippen molar-refractivity contribution in [2.45, 2.75) is 113 Å². The van der Waals surface area contributed by atoms with E-state index in [0.29, 0.717) is 35.5 Å². The van der Waals surface area contributed by atoms with Gasteiger partial charge in [-0.05, 0) is 96.5 Å². The summed E-state index contributed by atoms with van der Waals surface area (Å²) in [5.74, 6) is 2.12. The molecule has 0 heterocycles. The van der Waals surface area contributed by atoms with Crippen LogP contribution in [0.2, 0.25) is 0 Å². The summed E-state index contributed by atoms with van der Waals surface area (Å²) in [4.78, 5) is 0. The van der Waals surface area contributed by atoms with Crippen LogP contribution in [0.15, 0.2) is 81.1 Å². The van der Waals surface area contributed by atoms with E-state index < -0.39 is 11.2 Å². The van der Waals surface area contributed by atoms with E-state index in [1.807, 2.05) is 0 Å². The molecule has 51 heavy (non-hydrogen) atoms. The van der Waals surface area contributed by atoms with Gasteiger partial charge in [0.2, 0.25) is 0 Å². The molecule has 2 aromatic carbocycles. The zero-order valence-corrected chi connectivity index (χ0v) is 32.0. The van der Waals surface area contributed by atoms with Gasteiger partial charge in [-0.25, -0.2) is 0 Å². The standard InChI is InChI=1S/2C20H27N3OS.Co/c2*21-19(25)23-22-18-14-9-6-11-16(18)20(24)12-5-4-10-15(20)17(14)13-7-2-1-3-8-13;/h2*1-3,7-8,14-17,24H,4-6,9-12H2,(H3,21,23,25);/q;;+2/p-2/b22-18+;22-18-;. The molecule has 8 nitrogen and oxygen atoms in total. The second-order valence-corrected chi connectivity index (χ2v) is 16.5. The molecule has 6 fully saturated rings. The van der Waals surface area contributed by atoms with Crippen LogP contribution < -0.4 is 11.5 Å². The molecule has 10 unspecified atom stereocenters. The zero-order chi connectivity index (χ0) is 34.9. The van der Waals surface area contributed by atoms with Crippen molar-refractivity contribution in [2.24, 2.45) is 67.4 Å². The van der Waals surface area contributed by atoms with Gasteiger partial charge in [-0.15, -0.1) is 0 Å². The number of rotatable bonds is 4. The summed E-state index contributed by atoms with van der Waals surface area (Å²) in [7, 11) is 0. The van der Waals surface area contributed by atoms with E-state index in [2.05, 4.69) is 81.1 Å². The molecule has 10 atom stereocenters. The topological polar surface area (TPSA) is 142 Å². The molecular formula is C40H52CoN6O2S2. The van der Waals surface area contributed by atoms with Gasteiger partial charge in [0.25, 0.3) is 0 Å². The van der Waals surface area contributed by atoms with Gasteiger partial charge in [0.1, 0.15) is 0 Å². The molecule has 6 saturated carbocycles. The minimum Gasteiger partial charge on any atom is -0.741 e. The molecular weight excluding hydrogens is 720 g/mol. The Hall–Kier alpha value is -2.41. The van der Waals surface area contributed by atoms with Gasteiger partial charge in [-0.2, -0.15) is 20.4 Å². The smallest absolute Gasteiger partial charge is 0.741 e. The Morgan fingerprint density at radius 1 is 0.569 bits per heavy atom. The van der Waals surface area contributed by atoms with Crippen molar-refractivity contribution >= 4 is 47.0 Å². The van der Waals surface area contributed by atoms with Crippen LogP contribution >= 0.6 is 0 Å². The molecule has 4 bridgehead atoms. The maximum Gasteiger partial charge on any atom is 2.00 e. The van der Waals surface area contributed by atoms with Gasteiger partial charge in [-0.1, -0.05) is 99.2 Å². The fourth-order valence-corrected chi connectivity index (χ4v) is 11.6. The summed E-state index contributed by atoms with van der Waals surface area (Å²) in [6.45, 7) is 0. The van der Waals surface area contributed by atoms with E-state index in [4.69, 9.17) is 36.7 Å². The second-order valence-electron chi connectivity index (χ2n) is 15.7. The number of aliphatic hydroxyl groups is 2. The first-order valence-corrected chi connectivity index (χ1v) is 19.7. The monoisotopic (exact) mass is 771 g/mol. The van der Waals surface area contributed by atoms with Crippen LogP contribution in [0.4, 0.5) is 0 Å². The van der Waals surface area contributed by atoms with E-state index in [9.17, 15) is 10.2 Å². The first-order chi connectivity index (χ1) is 24.2. The van der Waals surface area contributed by atoms with Crippen molar-refractivity contribution < 1.29 is 27.0 Å². The quantitative estimate of drug-likeness (QED) is 0.118. The van der Waals surface area contributed by atoms with Gasteiger partial charge in [0, 0.05) is 23.7 Å². The number of benzene rings is 2. The summed E-state index contributed by atoms with van der Waals surface area (Å²) in [5, 5.41) is 40.7. The fourth-order valence-electron chi connectivity index (χ4n) is 11.5. The molecule has 0 spiro atoms. The Morgan fingerprint density at radius 3 is 1.33 bits per heavy atom. The third kappa shape index (κ3) is 7.40. The van der Waals surface area contributed by atoms with Crippen LogP contribution in [0.1, 0.15) is 113 Å². The normalized spacial score (nSPS) is 39.1. The van der Waals surface area contributed by atoms with Gasteiger partial charge in [0.05, 0.1) is 22.6 Å². The molecule has 11 heteroatoms. The second kappa shape index (κ2) is 16.3. The summed E-state index contributed by atoms with van der Waals surface area (Å²) in [6, 6.07) is 21.3. The first kappa shape index (κ1) is 38.3. The van der Waals surface area contributed by atoms with Crippen molar-refractivity contribution in [3.8, 4) is 0 Å². The number of fused-ring (bicyclic) bond motifs is 8. The predicted molar refractivity (Wildman–Crippen MR) is 207 cm³/mol. The molecule has 0 aliphatic heterocycles. The fraction of sp³-hybridized carbons (Fsp3) is 0.600. The Labute approximate surface area is 324 Å². The van der Waals surface area contributed by atoms with Crippen LogP contribution in [0.3, 0.4) is 0 Å². The Balaban J connectivity index is 0.000000172. The molecule has 8 rings (SSSR count). The third-order valence-electron chi connectivity index (χ3n) is 13.3. The Kier molecular flexibility index (Phi) is 12.2. The minimum absolute atomic E-state index is 0. The summed E-state index contributed by atoms with van der Waals surface area (Å²) in [5.41, 5.74) is 14.5. The van der Waals surface area contributed by atoms with E-state index in [1.165, 1.54) is 24.0 Å². The van der Waals surface area contributed by atoms with Crippen LogP contribution in [0.25, 0.3) is 0 Å². The molecule has 0 saturated heterocycles. The predicted octanol–water partition coefficient (Wildman–Crippen LogP) is 6.68. The largest absolute Gasteiger partial charge is 2.00 e. The Bertz CT molecular complexity index is 1500. The molecule has 0 amide bonds. The average molecular weight is 772 g/mol. The maximum atomic E-state index is 11.8. The van der Waals surface area contributed by atoms with Crippen molar-refractivity contribution in [1.82, 2.24) is 0 Å². The van der Waals surface area contributed by atoms with E-state index in [0.717, 1.165) is 88.5 Å². The Morgan fingerprint density at radius 2 is 0.961 bits per heavy atom. The van der Waals surface area contributed by atoms with Gasteiger partial charge >= 0.3 is 16.8 Å². The van der Waals surface area contributed by atoms with E-state index >= 15 is 0 Å². The molecule has 275 valence electrons. The third-order valence-corrected chi connectivity index (χ3v) is 13.5. The van der Waals surface area contributed by atoms with Gasteiger partial charge in [0.15, 0.2) is 0 Å². The SMILES string of the molecule is N/C([S-])=N/N=C1/C2CCCC1C1(O)CCCCC1C2c1ccccc1.N/C([S-])=N/N=C1\C2CCCC1C1(O)CCCCC1C2c1ccccc1.[Co+2]. The van der Waals surface area contributed by atoms with Crippen LogP contribution in [-0.2, 0) is 42.0 Å². The molecule has 6 N–H and O–H groups in total. The van der Waals surface area contributed by atoms with E-state index in [-0.39, 0.29) is 38.9 Å². The van der Waals surface area contributed by atoms with Crippen molar-refractivity contribution in [1.29, 1.82) is 0 Å². The summed E-state index contributed by atoms with van der Waals surface area (Å²) >= 11 is 9.81. The first-order valence-electron chi connectivity index (χ1n) is 18.9. The van der Waals surface area contributed by atoms with Crippen LogP contribution in [0.5, 0.6) is 0 Å². The number of hydrogen-bond donors (Lipinski definition) is 4. The molecule has 0 aromatic heterocycles. The van der Waals surface area contributed by atoms with Crippen molar-refractivity contribution in [3.63, 3.8) is 0 Å². The van der Waals surface area contributed by atoms with Gasteiger partial charge in [-0.3, -0.25) is 0 Å². The summed E-state index contributed by atoms with van der Waals surface area (Å²) in [6.07, 6.45) is 15.0. The average Bonchev–Trinajstić information content (AvgIpc) is 3.12.